The van der Waals surface area contributed by atoms with Crippen molar-refractivity contribution in [2.75, 3.05) is 0 Å². The minimum absolute atomic E-state index is 0.0926. The van der Waals surface area contributed by atoms with Gasteiger partial charge in [0, 0.05) is 5.92 Å². The fourth-order valence-electron chi connectivity index (χ4n) is 4.57. The Balaban J connectivity index is 1.63. The Kier molecular flexibility index (Phi) is 2.13. The highest BCUT2D eigenvalue weighted by atomic mass is 16.6. The molecule has 3 heteroatoms. The first kappa shape index (κ1) is 10.4. The Bertz CT molecular complexity index is 334. The molecule has 94 valence electrons. The summed E-state index contributed by atoms with van der Waals surface area (Å²) in [5.74, 6) is 0.627. The summed E-state index contributed by atoms with van der Waals surface area (Å²) in [6.07, 6.45) is 9.90. The molecule has 1 aliphatic carbocycles. The van der Waals surface area contributed by atoms with Crippen molar-refractivity contribution in [3.8, 4) is 0 Å². The van der Waals surface area contributed by atoms with E-state index >= 15 is 0 Å². The highest BCUT2D eigenvalue weighted by Crippen LogP contribution is 2.58. The minimum atomic E-state index is 0.0926. The summed E-state index contributed by atoms with van der Waals surface area (Å²) in [6, 6.07) is 0. The molecular formula is C14H20O3. The molecule has 3 heterocycles. The number of hydrogen-bond donors (Lipinski definition) is 0. The van der Waals surface area contributed by atoms with Gasteiger partial charge in [0.05, 0.1) is 24.1 Å². The van der Waals surface area contributed by atoms with E-state index in [-0.39, 0.29) is 23.9 Å². The topological polar surface area (TPSA) is 27.7 Å². The standard InChI is InChI=1S/C14H20O3/c1-2-15-12-10-8-9-11(16-10)13(12)17-14(9)6-4-3-5-7-14/h2,9-13H,1,3-8H2. The minimum Gasteiger partial charge on any atom is -0.493 e. The fourth-order valence-corrected chi connectivity index (χ4v) is 4.57. The summed E-state index contributed by atoms with van der Waals surface area (Å²) in [7, 11) is 0. The van der Waals surface area contributed by atoms with Gasteiger partial charge in [-0.2, -0.15) is 0 Å². The van der Waals surface area contributed by atoms with Gasteiger partial charge < -0.3 is 14.2 Å². The van der Waals surface area contributed by atoms with Crippen LogP contribution in [0.15, 0.2) is 12.8 Å². The van der Waals surface area contributed by atoms with Crippen molar-refractivity contribution in [3.63, 3.8) is 0 Å². The van der Waals surface area contributed by atoms with Crippen molar-refractivity contribution in [2.24, 2.45) is 5.92 Å². The second kappa shape index (κ2) is 3.48. The predicted octanol–water partition coefficient (Wildman–Crippen LogP) is 2.40. The molecule has 5 atom stereocenters. The smallest absolute Gasteiger partial charge is 0.152 e. The van der Waals surface area contributed by atoms with E-state index in [9.17, 15) is 0 Å². The molecule has 1 saturated carbocycles. The molecule has 4 aliphatic rings. The average Bonchev–Trinajstić information content (AvgIpc) is 2.95. The molecule has 5 unspecified atom stereocenters. The van der Waals surface area contributed by atoms with Gasteiger partial charge in [0.25, 0.3) is 0 Å². The van der Waals surface area contributed by atoms with Gasteiger partial charge in [-0.25, -0.2) is 0 Å². The fraction of sp³-hybridized carbons (Fsp3) is 0.857. The van der Waals surface area contributed by atoms with E-state index in [0.29, 0.717) is 12.0 Å². The normalized spacial score (nSPS) is 49.8. The van der Waals surface area contributed by atoms with Crippen molar-refractivity contribution in [1.29, 1.82) is 0 Å². The largest absolute Gasteiger partial charge is 0.493 e. The SMILES string of the molecule is C=COC1C2CC3C(O2)C1OC31CCCCC1. The summed E-state index contributed by atoms with van der Waals surface area (Å²) in [5, 5.41) is 0. The molecule has 0 amide bonds. The van der Waals surface area contributed by atoms with Gasteiger partial charge in [0.2, 0.25) is 0 Å². The number of fused-ring (bicyclic) bond motifs is 2. The number of ether oxygens (including phenoxy) is 3. The molecule has 0 radical (unpaired) electrons. The average molecular weight is 236 g/mol. The van der Waals surface area contributed by atoms with Gasteiger partial charge in [-0.15, -0.1) is 0 Å². The zero-order valence-electron chi connectivity index (χ0n) is 10.1. The van der Waals surface area contributed by atoms with Crippen LogP contribution in [0, 0.1) is 5.92 Å². The molecule has 4 rings (SSSR count). The van der Waals surface area contributed by atoms with Crippen LogP contribution in [0.5, 0.6) is 0 Å². The van der Waals surface area contributed by atoms with Gasteiger partial charge in [-0.05, 0) is 19.3 Å². The molecule has 0 N–H and O–H groups in total. The van der Waals surface area contributed by atoms with Gasteiger partial charge in [-0.3, -0.25) is 0 Å². The van der Waals surface area contributed by atoms with E-state index in [1.807, 2.05) is 0 Å². The maximum atomic E-state index is 6.44. The van der Waals surface area contributed by atoms with E-state index < -0.39 is 0 Å². The van der Waals surface area contributed by atoms with Crippen molar-refractivity contribution in [3.05, 3.63) is 12.8 Å². The molecule has 3 nitrogen and oxygen atoms in total. The van der Waals surface area contributed by atoms with Crippen LogP contribution in [0.1, 0.15) is 38.5 Å². The molecule has 3 aliphatic heterocycles. The molecule has 0 aromatic carbocycles. The highest BCUT2D eigenvalue weighted by molar-refractivity contribution is 5.15. The molecule has 3 saturated heterocycles. The Morgan fingerprint density at radius 3 is 2.76 bits per heavy atom. The van der Waals surface area contributed by atoms with Gasteiger partial charge in [0.1, 0.15) is 6.10 Å². The van der Waals surface area contributed by atoms with Gasteiger partial charge >= 0.3 is 0 Å². The summed E-state index contributed by atoms with van der Waals surface area (Å²) in [4.78, 5) is 0. The van der Waals surface area contributed by atoms with Gasteiger partial charge in [-0.1, -0.05) is 25.8 Å². The third-order valence-corrected chi connectivity index (χ3v) is 5.23. The van der Waals surface area contributed by atoms with Crippen LogP contribution in [0.25, 0.3) is 0 Å². The number of hydrogen-bond acceptors (Lipinski definition) is 3. The summed E-state index contributed by atoms with van der Waals surface area (Å²) >= 11 is 0. The summed E-state index contributed by atoms with van der Waals surface area (Å²) in [6.45, 7) is 3.66. The second-order valence-electron chi connectivity index (χ2n) is 5.96. The van der Waals surface area contributed by atoms with E-state index in [4.69, 9.17) is 14.2 Å². The molecule has 4 fully saturated rings. The zero-order chi connectivity index (χ0) is 11.5. The zero-order valence-corrected chi connectivity index (χ0v) is 10.1. The predicted molar refractivity (Wildman–Crippen MR) is 62.5 cm³/mol. The van der Waals surface area contributed by atoms with Crippen LogP contribution >= 0.6 is 0 Å². The van der Waals surface area contributed by atoms with Crippen LogP contribution < -0.4 is 0 Å². The van der Waals surface area contributed by atoms with Crippen LogP contribution in [-0.2, 0) is 14.2 Å². The maximum absolute atomic E-state index is 6.44. The number of rotatable bonds is 2. The summed E-state index contributed by atoms with van der Waals surface area (Å²) < 4.78 is 18.1. The van der Waals surface area contributed by atoms with Gasteiger partial charge in [0.15, 0.2) is 6.10 Å². The molecule has 0 aromatic heterocycles. The Morgan fingerprint density at radius 2 is 2.00 bits per heavy atom. The van der Waals surface area contributed by atoms with E-state index in [2.05, 4.69) is 6.58 Å². The van der Waals surface area contributed by atoms with Crippen molar-refractivity contribution in [2.45, 2.75) is 68.5 Å². The Labute approximate surface area is 102 Å². The van der Waals surface area contributed by atoms with E-state index in [1.54, 1.807) is 6.26 Å². The molecule has 17 heavy (non-hydrogen) atoms. The Morgan fingerprint density at radius 1 is 1.18 bits per heavy atom. The van der Waals surface area contributed by atoms with Crippen LogP contribution in [0.4, 0.5) is 0 Å². The van der Waals surface area contributed by atoms with Crippen molar-refractivity contribution in [1.82, 2.24) is 0 Å². The highest BCUT2D eigenvalue weighted by Gasteiger charge is 2.68. The second-order valence-corrected chi connectivity index (χ2v) is 5.96. The van der Waals surface area contributed by atoms with Crippen LogP contribution in [0.2, 0.25) is 0 Å². The quantitative estimate of drug-likeness (QED) is 0.689. The first-order valence-electron chi connectivity index (χ1n) is 6.94. The van der Waals surface area contributed by atoms with E-state index in [0.717, 1.165) is 6.42 Å². The van der Waals surface area contributed by atoms with Crippen molar-refractivity contribution < 1.29 is 14.2 Å². The first-order chi connectivity index (χ1) is 8.34. The third-order valence-electron chi connectivity index (χ3n) is 5.23. The van der Waals surface area contributed by atoms with Crippen LogP contribution in [-0.4, -0.2) is 30.0 Å². The lowest BCUT2D eigenvalue weighted by Crippen LogP contribution is -2.39. The van der Waals surface area contributed by atoms with Crippen molar-refractivity contribution >= 4 is 0 Å². The lowest BCUT2D eigenvalue weighted by atomic mass is 9.72. The van der Waals surface area contributed by atoms with E-state index in [1.165, 1.54) is 32.1 Å². The molecular weight excluding hydrogens is 216 g/mol. The maximum Gasteiger partial charge on any atom is 0.152 e. The first-order valence-corrected chi connectivity index (χ1v) is 6.94. The lowest BCUT2D eigenvalue weighted by Gasteiger charge is -2.36. The van der Waals surface area contributed by atoms with Crippen LogP contribution in [0.3, 0.4) is 0 Å². The Hall–Kier alpha value is -0.540. The monoisotopic (exact) mass is 236 g/mol. The molecule has 1 spiro atoms. The lowest BCUT2D eigenvalue weighted by molar-refractivity contribution is -0.100. The molecule has 0 aromatic rings. The molecule has 2 bridgehead atoms. The summed E-state index contributed by atoms with van der Waals surface area (Å²) in [5.41, 5.74) is 0.127. The third kappa shape index (κ3) is 1.24.